The van der Waals surface area contributed by atoms with E-state index in [4.69, 9.17) is 0 Å². The first-order valence-electron chi connectivity index (χ1n) is 4.01. The molecule has 13 heavy (non-hydrogen) atoms. The summed E-state index contributed by atoms with van der Waals surface area (Å²) >= 11 is 0. The molecule has 0 aromatic carbocycles. The lowest BCUT2D eigenvalue weighted by molar-refractivity contribution is -0.124. The molecule has 1 N–H and O–H groups in total. The summed E-state index contributed by atoms with van der Waals surface area (Å²) in [6.07, 6.45) is 3.22. The molecule has 0 spiro atoms. The van der Waals surface area contributed by atoms with E-state index in [1.807, 2.05) is 0 Å². The number of carbonyl (C=O) groups is 1. The maximum atomic E-state index is 11.4. The van der Waals surface area contributed by atoms with E-state index in [0.29, 0.717) is 12.1 Å². The van der Waals surface area contributed by atoms with Crippen LogP contribution in [0.15, 0.2) is 28.9 Å². The van der Waals surface area contributed by atoms with Crippen molar-refractivity contribution in [3.8, 4) is 0 Å². The van der Waals surface area contributed by atoms with E-state index >= 15 is 0 Å². The minimum Gasteiger partial charge on any atom is -0.337 e. The molecule has 1 aliphatic rings. The lowest BCUT2D eigenvalue weighted by atomic mass is 10.1. The normalized spacial score (nSPS) is 17.4. The Bertz CT molecular complexity index is 291. The maximum absolute atomic E-state index is 11.4. The Kier molecular flexibility index (Phi) is 2.84. The summed E-state index contributed by atoms with van der Waals surface area (Å²) < 4.78 is 0. The largest absolute Gasteiger partial charge is 0.337 e. The van der Waals surface area contributed by atoms with E-state index in [2.05, 4.69) is 17.1 Å². The van der Waals surface area contributed by atoms with Gasteiger partial charge in [-0.2, -0.15) is 5.10 Å². The third-order valence-electron chi connectivity index (χ3n) is 1.88. The van der Waals surface area contributed by atoms with E-state index in [-0.39, 0.29) is 5.91 Å². The van der Waals surface area contributed by atoms with Gasteiger partial charge in [0.05, 0.1) is 6.21 Å². The molecule has 4 nitrogen and oxygen atoms in total. The highest BCUT2D eigenvalue weighted by molar-refractivity contribution is 6.05. The van der Waals surface area contributed by atoms with Crippen molar-refractivity contribution in [2.24, 2.45) is 5.10 Å². The predicted molar refractivity (Wildman–Crippen MR) is 52.4 cm³/mol. The first-order valence-corrected chi connectivity index (χ1v) is 4.01. The van der Waals surface area contributed by atoms with Gasteiger partial charge in [-0.15, -0.1) is 0 Å². The van der Waals surface area contributed by atoms with Crippen molar-refractivity contribution in [2.75, 3.05) is 20.6 Å². The van der Waals surface area contributed by atoms with Crippen LogP contribution in [0.1, 0.15) is 0 Å². The Hall–Kier alpha value is -1.58. The number of nitrogens with one attached hydrogen (secondary N) is 1. The molecular weight excluding hydrogens is 166 g/mol. The van der Waals surface area contributed by atoms with Crippen LogP contribution >= 0.6 is 0 Å². The number of nitrogens with zero attached hydrogens (tertiary/aromatic N) is 2. The third-order valence-corrected chi connectivity index (χ3v) is 1.88. The highest BCUT2D eigenvalue weighted by Crippen LogP contribution is 2.16. The summed E-state index contributed by atoms with van der Waals surface area (Å²) in [5.41, 5.74) is 4.18. The van der Waals surface area contributed by atoms with E-state index in [1.165, 1.54) is 0 Å². The van der Waals surface area contributed by atoms with Crippen LogP contribution in [-0.2, 0) is 4.79 Å². The Morgan fingerprint density at radius 1 is 1.69 bits per heavy atom. The predicted octanol–water partition coefficient (Wildman–Crippen LogP) is 0.146. The van der Waals surface area contributed by atoms with Crippen LogP contribution in [-0.4, -0.2) is 37.7 Å². The second kappa shape index (κ2) is 3.89. The Balaban J connectivity index is 2.92. The summed E-state index contributed by atoms with van der Waals surface area (Å²) in [4.78, 5) is 13.1. The second-order valence-corrected chi connectivity index (χ2v) is 2.79. The summed E-state index contributed by atoms with van der Waals surface area (Å²) in [7, 11) is 3.47. The maximum Gasteiger partial charge on any atom is 0.254 e. The first kappa shape index (κ1) is 9.51. The fraction of sp³-hybridized carbons (Fsp3) is 0.333. The van der Waals surface area contributed by atoms with Crippen LogP contribution in [0.25, 0.3) is 0 Å². The van der Waals surface area contributed by atoms with Gasteiger partial charge in [0.2, 0.25) is 0 Å². The van der Waals surface area contributed by atoms with Gasteiger partial charge in [-0.25, -0.2) is 0 Å². The summed E-state index contributed by atoms with van der Waals surface area (Å²) in [6.45, 7) is 4.20. The van der Waals surface area contributed by atoms with Gasteiger partial charge in [-0.1, -0.05) is 12.7 Å². The molecule has 0 aliphatic carbocycles. The molecule has 0 unspecified atom stereocenters. The molecule has 0 aromatic rings. The number of likely N-dealkylation sites (N-methyl/N-ethyl adjacent to an activating group) is 1. The molecule has 0 atom stereocenters. The van der Waals surface area contributed by atoms with Crippen molar-refractivity contribution >= 4 is 12.1 Å². The van der Waals surface area contributed by atoms with Gasteiger partial charge >= 0.3 is 0 Å². The van der Waals surface area contributed by atoms with Crippen LogP contribution in [0.5, 0.6) is 0 Å². The van der Waals surface area contributed by atoms with E-state index in [1.54, 1.807) is 31.3 Å². The average Bonchev–Trinajstić information content (AvgIpc) is 2.39. The molecule has 0 bridgehead atoms. The fourth-order valence-corrected chi connectivity index (χ4v) is 1.23. The van der Waals surface area contributed by atoms with Gasteiger partial charge in [-0.05, 0) is 0 Å². The van der Waals surface area contributed by atoms with E-state index in [0.717, 1.165) is 5.57 Å². The van der Waals surface area contributed by atoms with Gasteiger partial charge in [0.1, 0.15) is 0 Å². The first-order chi connectivity index (χ1) is 6.20. The minimum atomic E-state index is 0.00699. The van der Waals surface area contributed by atoms with Gasteiger partial charge in [0.25, 0.3) is 5.91 Å². The number of hydrogen-bond acceptors (Lipinski definition) is 3. The average molecular weight is 179 g/mol. The minimum absolute atomic E-state index is 0.00699. The molecule has 0 saturated carbocycles. The number of amides is 1. The topological polar surface area (TPSA) is 44.7 Å². The molecule has 0 radical (unpaired) electrons. The van der Waals surface area contributed by atoms with Crippen molar-refractivity contribution in [1.82, 2.24) is 10.3 Å². The zero-order chi connectivity index (χ0) is 9.84. The Labute approximate surface area is 77.6 Å². The van der Waals surface area contributed by atoms with E-state index < -0.39 is 0 Å². The highest BCUT2D eigenvalue weighted by Gasteiger charge is 2.23. The molecule has 70 valence electrons. The van der Waals surface area contributed by atoms with Crippen molar-refractivity contribution in [2.45, 2.75) is 0 Å². The number of hydrogen-bond donors (Lipinski definition) is 1. The standard InChI is InChI=1S/C9H13N3O/c1-4-8-7(5-11-10-2)6-12(3)9(8)13/h4-5,10H,1,6H2,2-3H3/b11-5-. The molecule has 1 aliphatic heterocycles. The van der Waals surface area contributed by atoms with Crippen LogP contribution in [0, 0.1) is 0 Å². The lowest BCUT2D eigenvalue weighted by Crippen LogP contribution is -2.21. The number of rotatable bonds is 3. The number of hydrazone groups is 1. The zero-order valence-corrected chi connectivity index (χ0v) is 7.87. The quantitative estimate of drug-likeness (QED) is 0.495. The van der Waals surface area contributed by atoms with Crippen molar-refractivity contribution in [3.05, 3.63) is 23.8 Å². The molecule has 1 amide bonds. The fourth-order valence-electron chi connectivity index (χ4n) is 1.23. The summed E-state index contributed by atoms with van der Waals surface area (Å²) in [6, 6.07) is 0. The summed E-state index contributed by atoms with van der Waals surface area (Å²) in [5, 5.41) is 3.86. The van der Waals surface area contributed by atoms with Crippen LogP contribution in [0.3, 0.4) is 0 Å². The van der Waals surface area contributed by atoms with Gasteiger partial charge in [-0.3, -0.25) is 4.79 Å². The Morgan fingerprint density at radius 3 is 2.92 bits per heavy atom. The molecule has 0 aromatic heterocycles. The van der Waals surface area contributed by atoms with Crippen molar-refractivity contribution < 1.29 is 4.79 Å². The molecule has 4 heteroatoms. The third kappa shape index (κ3) is 1.77. The van der Waals surface area contributed by atoms with Crippen LogP contribution < -0.4 is 5.43 Å². The smallest absolute Gasteiger partial charge is 0.254 e. The molecule has 0 fully saturated rings. The van der Waals surface area contributed by atoms with Crippen LogP contribution in [0.2, 0.25) is 0 Å². The molecule has 0 saturated heterocycles. The zero-order valence-electron chi connectivity index (χ0n) is 7.87. The molecule has 1 heterocycles. The lowest BCUT2D eigenvalue weighted by Gasteiger charge is -2.06. The van der Waals surface area contributed by atoms with Gasteiger partial charge in [0, 0.05) is 31.8 Å². The number of carbonyl (C=O) groups excluding carboxylic acids is 1. The van der Waals surface area contributed by atoms with E-state index in [9.17, 15) is 4.79 Å². The van der Waals surface area contributed by atoms with Gasteiger partial charge < -0.3 is 10.3 Å². The highest BCUT2D eigenvalue weighted by atomic mass is 16.2. The molecule has 1 rings (SSSR count). The monoisotopic (exact) mass is 179 g/mol. The van der Waals surface area contributed by atoms with Crippen molar-refractivity contribution in [1.29, 1.82) is 0 Å². The SMILES string of the molecule is C=CC1=C(/C=N\NC)CN(C)C1=O. The van der Waals surface area contributed by atoms with Crippen molar-refractivity contribution in [3.63, 3.8) is 0 Å². The van der Waals surface area contributed by atoms with Gasteiger partial charge in [0.15, 0.2) is 0 Å². The van der Waals surface area contributed by atoms with Crippen LogP contribution in [0.4, 0.5) is 0 Å². The molecular formula is C9H13N3O. The Morgan fingerprint density at radius 2 is 2.38 bits per heavy atom. The second-order valence-electron chi connectivity index (χ2n) is 2.79. The summed E-state index contributed by atoms with van der Waals surface area (Å²) in [5.74, 6) is 0.00699.